The van der Waals surface area contributed by atoms with Crippen LogP contribution in [0.1, 0.15) is 18.1 Å². The summed E-state index contributed by atoms with van der Waals surface area (Å²) in [6, 6.07) is 11.9. The Bertz CT molecular complexity index is 1100. The lowest BCUT2D eigenvalue weighted by molar-refractivity contribution is -0.138. The summed E-state index contributed by atoms with van der Waals surface area (Å²) in [4.78, 5) is 18.9. The topological polar surface area (TPSA) is 62.1 Å². The highest BCUT2D eigenvalue weighted by atomic mass is 32.2. The number of hydrogen-bond acceptors (Lipinski definition) is 6. The number of anilines is 1. The van der Waals surface area contributed by atoms with Gasteiger partial charge in [0, 0.05) is 19.8 Å². The third-order valence-corrected chi connectivity index (χ3v) is 5.50. The second-order valence-electron chi connectivity index (χ2n) is 7.01. The molecule has 1 heterocycles. The van der Waals surface area contributed by atoms with Gasteiger partial charge in [0.1, 0.15) is 16.4 Å². The standard InChI is InChI=1S/C23H21F3N2O3S/c1-4-31-22(30)19-20(29)18(12-14-8-10-17(11-9-14)28(2)3)32-21(19)27-16-7-5-6-15(13-16)23(24,25)26/h5-13,29H,4H2,1-3H3. The quantitative estimate of drug-likeness (QED) is 0.555. The molecule has 1 N–H and O–H groups in total. The maximum atomic E-state index is 13.0. The molecule has 3 rings (SSSR count). The second-order valence-corrected chi connectivity index (χ2v) is 8.04. The van der Waals surface area contributed by atoms with Gasteiger partial charge in [-0.05, 0) is 48.9 Å². The number of alkyl halides is 3. The van der Waals surface area contributed by atoms with E-state index in [2.05, 4.69) is 4.99 Å². The fourth-order valence-corrected chi connectivity index (χ4v) is 3.92. The molecular weight excluding hydrogens is 441 g/mol. The molecule has 1 aliphatic rings. The van der Waals surface area contributed by atoms with E-state index in [-0.39, 0.29) is 28.7 Å². The second kappa shape index (κ2) is 9.52. The van der Waals surface area contributed by atoms with E-state index in [1.807, 2.05) is 43.3 Å². The molecule has 0 saturated heterocycles. The van der Waals surface area contributed by atoms with Crippen LogP contribution in [0.5, 0.6) is 0 Å². The fourth-order valence-electron chi connectivity index (χ4n) is 2.88. The molecule has 168 valence electrons. The number of hydrogen-bond donors (Lipinski definition) is 1. The number of aliphatic hydroxyl groups excluding tert-OH is 1. The summed E-state index contributed by atoms with van der Waals surface area (Å²) in [6.45, 7) is 1.69. The summed E-state index contributed by atoms with van der Waals surface area (Å²) < 4.78 is 44.1. The Hall–Kier alpha value is -3.20. The van der Waals surface area contributed by atoms with Crippen LogP contribution in [0.3, 0.4) is 0 Å². The largest absolute Gasteiger partial charge is 0.506 e. The molecule has 0 bridgehead atoms. The van der Waals surface area contributed by atoms with Gasteiger partial charge >= 0.3 is 12.1 Å². The zero-order chi connectivity index (χ0) is 23.5. The first-order valence-electron chi connectivity index (χ1n) is 9.64. The summed E-state index contributed by atoms with van der Waals surface area (Å²) in [7, 11) is 3.83. The zero-order valence-electron chi connectivity index (χ0n) is 17.6. The lowest BCUT2D eigenvalue weighted by atomic mass is 10.1. The van der Waals surface area contributed by atoms with Crippen molar-refractivity contribution >= 4 is 40.2 Å². The predicted octanol–water partition coefficient (Wildman–Crippen LogP) is 5.96. The van der Waals surface area contributed by atoms with Crippen molar-refractivity contribution in [2.45, 2.75) is 13.1 Å². The fraction of sp³-hybridized carbons (Fsp3) is 0.217. The minimum Gasteiger partial charge on any atom is -0.506 e. The number of thioether (sulfide) groups is 1. The van der Waals surface area contributed by atoms with Crippen molar-refractivity contribution in [3.05, 3.63) is 75.9 Å². The third kappa shape index (κ3) is 5.34. The van der Waals surface area contributed by atoms with E-state index in [1.54, 1.807) is 13.0 Å². The molecule has 0 amide bonds. The van der Waals surface area contributed by atoms with Crippen LogP contribution in [0.15, 0.2) is 69.8 Å². The van der Waals surface area contributed by atoms with Gasteiger partial charge in [-0.15, -0.1) is 0 Å². The SMILES string of the molecule is CCOC(=O)C1=C(O)C(=Cc2ccc(N(C)C)cc2)SC1=Nc1cccc(C(F)(F)F)c1. The van der Waals surface area contributed by atoms with Crippen molar-refractivity contribution in [1.82, 2.24) is 0 Å². The van der Waals surface area contributed by atoms with E-state index < -0.39 is 17.7 Å². The van der Waals surface area contributed by atoms with Crippen LogP contribution in [-0.4, -0.2) is 36.8 Å². The molecule has 2 aromatic rings. The van der Waals surface area contributed by atoms with Gasteiger partial charge in [0.05, 0.1) is 22.8 Å². The summed E-state index contributed by atoms with van der Waals surface area (Å²) in [5.74, 6) is -1.12. The molecule has 0 spiro atoms. The van der Waals surface area contributed by atoms with Crippen LogP contribution in [-0.2, 0) is 15.7 Å². The number of benzene rings is 2. The van der Waals surface area contributed by atoms with E-state index in [1.165, 1.54) is 12.1 Å². The monoisotopic (exact) mass is 462 g/mol. The number of carbonyl (C=O) groups is 1. The molecular formula is C23H21F3N2O3S. The van der Waals surface area contributed by atoms with Gasteiger partial charge < -0.3 is 14.7 Å². The molecule has 0 unspecified atom stereocenters. The van der Waals surface area contributed by atoms with Crippen molar-refractivity contribution in [1.29, 1.82) is 0 Å². The first kappa shape index (κ1) is 23.5. The maximum Gasteiger partial charge on any atom is 0.416 e. The Kier molecular flexibility index (Phi) is 6.98. The highest BCUT2D eigenvalue weighted by Crippen LogP contribution is 2.41. The van der Waals surface area contributed by atoms with E-state index in [4.69, 9.17) is 4.74 Å². The molecule has 0 radical (unpaired) electrons. The van der Waals surface area contributed by atoms with Gasteiger partial charge in [0.15, 0.2) is 0 Å². The maximum absolute atomic E-state index is 13.0. The minimum atomic E-state index is -4.52. The summed E-state index contributed by atoms with van der Waals surface area (Å²) in [6.07, 6.45) is -2.85. The van der Waals surface area contributed by atoms with Crippen molar-refractivity contribution < 1.29 is 27.8 Å². The Morgan fingerprint density at radius 1 is 1.19 bits per heavy atom. The smallest absolute Gasteiger partial charge is 0.416 e. The molecule has 0 atom stereocenters. The summed E-state index contributed by atoms with van der Waals surface area (Å²) in [5.41, 5.74) is 0.738. The molecule has 5 nitrogen and oxygen atoms in total. The molecule has 0 fully saturated rings. The summed E-state index contributed by atoms with van der Waals surface area (Å²) in [5, 5.41) is 10.8. The molecule has 2 aromatic carbocycles. The van der Waals surface area contributed by atoms with Crippen molar-refractivity contribution in [2.24, 2.45) is 4.99 Å². The number of ether oxygens (including phenoxy) is 1. The first-order chi connectivity index (χ1) is 15.1. The van der Waals surface area contributed by atoms with Gasteiger partial charge in [-0.1, -0.05) is 30.0 Å². The first-order valence-corrected chi connectivity index (χ1v) is 10.5. The Morgan fingerprint density at radius 3 is 2.47 bits per heavy atom. The van der Waals surface area contributed by atoms with Gasteiger partial charge in [-0.25, -0.2) is 9.79 Å². The van der Waals surface area contributed by atoms with Gasteiger partial charge in [0.25, 0.3) is 0 Å². The van der Waals surface area contributed by atoms with Crippen molar-refractivity contribution in [2.75, 3.05) is 25.6 Å². The highest BCUT2D eigenvalue weighted by Gasteiger charge is 2.34. The Balaban J connectivity index is 2.02. The number of nitrogens with zero attached hydrogens (tertiary/aromatic N) is 2. The Morgan fingerprint density at radius 2 is 1.88 bits per heavy atom. The lowest BCUT2D eigenvalue weighted by Crippen LogP contribution is -2.13. The Labute approximate surface area is 187 Å². The van der Waals surface area contributed by atoms with Crippen LogP contribution >= 0.6 is 11.8 Å². The number of halogens is 3. The van der Waals surface area contributed by atoms with Gasteiger partial charge in [-0.2, -0.15) is 13.2 Å². The van der Waals surface area contributed by atoms with Gasteiger partial charge in [-0.3, -0.25) is 0 Å². The van der Waals surface area contributed by atoms with Crippen LogP contribution in [0.25, 0.3) is 6.08 Å². The third-order valence-electron chi connectivity index (χ3n) is 4.48. The number of aliphatic imine (C=N–C) groups is 1. The van der Waals surface area contributed by atoms with Crippen LogP contribution in [0, 0.1) is 0 Å². The zero-order valence-corrected chi connectivity index (χ0v) is 18.4. The molecule has 32 heavy (non-hydrogen) atoms. The molecule has 1 aliphatic heterocycles. The van der Waals surface area contributed by atoms with E-state index in [9.17, 15) is 23.1 Å². The molecule has 0 aromatic heterocycles. The van der Waals surface area contributed by atoms with E-state index in [0.29, 0.717) is 4.91 Å². The molecule has 9 heteroatoms. The number of carbonyl (C=O) groups excluding carboxylic acids is 1. The summed E-state index contributed by atoms with van der Waals surface area (Å²) >= 11 is 0.989. The minimum absolute atomic E-state index is 0.00788. The average Bonchev–Trinajstić information content (AvgIpc) is 3.03. The van der Waals surface area contributed by atoms with E-state index in [0.717, 1.165) is 35.1 Å². The number of rotatable bonds is 5. The van der Waals surface area contributed by atoms with Crippen LogP contribution in [0.4, 0.5) is 24.5 Å². The molecule has 0 saturated carbocycles. The average molecular weight is 462 g/mol. The van der Waals surface area contributed by atoms with Crippen LogP contribution < -0.4 is 4.90 Å². The number of aliphatic hydroxyl groups is 1. The highest BCUT2D eigenvalue weighted by molar-refractivity contribution is 8.18. The van der Waals surface area contributed by atoms with E-state index >= 15 is 0 Å². The molecule has 0 aliphatic carbocycles. The number of esters is 1. The van der Waals surface area contributed by atoms with Crippen molar-refractivity contribution in [3.63, 3.8) is 0 Å². The van der Waals surface area contributed by atoms with Gasteiger partial charge in [0.2, 0.25) is 0 Å². The van der Waals surface area contributed by atoms with Crippen LogP contribution in [0.2, 0.25) is 0 Å². The predicted molar refractivity (Wildman–Crippen MR) is 121 cm³/mol. The lowest BCUT2D eigenvalue weighted by Gasteiger charge is -2.11. The normalized spacial score (nSPS) is 16.7. The van der Waals surface area contributed by atoms with Crippen molar-refractivity contribution in [3.8, 4) is 0 Å².